The maximum atomic E-state index is 10.6. The number of hydrogen-bond donors (Lipinski definition) is 2. The van der Waals surface area contributed by atoms with Gasteiger partial charge < -0.3 is 10.4 Å². The fraction of sp³-hybridized carbons (Fsp3) is 0.222. The molecule has 0 aromatic heterocycles. The summed E-state index contributed by atoms with van der Waals surface area (Å²) < 4.78 is 0.821. The van der Waals surface area contributed by atoms with Gasteiger partial charge in [-0.3, -0.25) is 0 Å². The molecule has 0 atom stereocenters. The molecule has 0 saturated carbocycles. The number of hydrogen-bond acceptors (Lipinski definition) is 2. The molecule has 0 fully saturated rings. The summed E-state index contributed by atoms with van der Waals surface area (Å²) in [4.78, 5) is 10.6. The lowest BCUT2D eigenvalue weighted by atomic mass is 10.1. The first-order valence-corrected chi connectivity index (χ1v) is 4.60. The SMILES string of the molecule is CNCc1ccc(C(=O)O)cc1Br. The van der Waals surface area contributed by atoms with E-state index in [0.29, 0.717) is 5.56 Å². The van der Waals surface area contributed by atoms with Crippen molar-refractivity contribution in [1.29, 1.82) is 0 Å². The molecule has 0 aliphatic heterocycles. The Labute approximate surface area is 84.9 Å². The van der Waals surface area contributed by atoms with Gasteiger partial charge in [0.15, 0.2) is 0 Å². The van der Waals surface area contributed by atoms with Crippen LogP contribution in [0.2, 0.25) is 0 Å². The van der Waals surface area contributed by atoms with Gasteiger partial charge in [0, 0.05) is 11.0 Å². The maximum absolute atomic E-state index is 10.6. The Morgan fingerprint density at radius 1 is 1.62 bits per heavy atom. The number of carbonyl (C=O) groups is 1. The second-order valence-corrected chi connectivity index (χ2v) is 3.50. The van der Waals surface area contributed by atoms with Gasteiger partial charge in [0.05, 0.1) is 5.56 Å². The van der Waals surface area contributed by atoms with Gasteiger partial charge in [0.1, 0.15) is 0 Å². The minimum atomic E-state index is -0.906. The van der Waals surface area contributed by atoms with Gasteiger partial charge >= 0.3 is 5.97 Å². The fourth-order valence-corrected chi connectivity index (χ4v) is 1.53. The quantitative estimate of drug-likeness (QED) is 0.853. The summed E-state index contributed by atoms with van der Waals surface area (Å²) in [5.41, 5.74) is 1.35. The van der Waals surface area contributed by atoms with Gasteiger partial charge in [-0.05, 0) is 24.7 Å². The Kier molecular flexibility index (Phi) is 3.45. The van der Waals surface area contributed by atoms with Gasteiger partial charge in [-0.15, -0.1) is 0 Å². The number of aromatic carboxylic acids is 1. The van der Waals surface area contributed by atoms with E-state index in [0.717, 1.165) is 16.6 Å². The van der Waals surface area contributed by atoms with E-state index in [1.165, 1.54) is 0 Å². The summed E-state index contributed by atoms with van der Waals surface area (Å²) >= 11 is 3.31. The molecule has 1 aromatic carbocycles. The molecule has 3 nitrogen and oxygen atoms in total. The average Bonchev–Trinajstić information content (AvgIpc) is 2.08. The van der Waals surface area contributed by atoms with E-state index >= 15 is 0 Å². The molecule has 0 unspecified atom stereocenters. The standard InChI is InChI=1S/C9H10BrNO2/c1-11-5-7-3-2-6(9(12)13)4-8(7)10/h2-4,11H,5H2,1H3,(H,12,13). The van der Waals surface area contributed by atoms with Crippen LogP contribution in [0.4, 0.5) is 0 Å². The molecule has 70 valence electrons. The second kappa shape index (κ2) is 4.39. The van der Waals surface area contributed by atoms with Gasteiger partial charge in [0.25, 0.3) is 0 Å². The van der Waals surface area contributed by atoms with Crippen molar-refractivity contribution in [3.05, 3.63) is 33.8 Å². The van der Waals surface area contributed by atoms with Crippen LogP contribution in [0.1, 0.15) is 15.9 Å². The highest BCUT2D eigenvalue weighted by Gasteiger charge is 2.05. The summed E-state index contributed by atoms with van der Waals surface area (Å²) in [7, 11) is 1.84. The lowest BCUT2D eigenvalue weighted by Crippen LogP contribution is -2.06. The Hall–Kier alpha value is -0.870. The maximum Gasteiger partial charge on any atom is 0.335 e. The average molecular weight is 244 g/mol. The van der Waals surface area contributed by atoms with Crippen LogP contribution >= 0.6 is 15.9 Å². The van der Waals surface area contributed by atoms with Crippen molar-refractivity contribution in [2.75, 3.05) is 7.05 Å². The molecule has 0 saturated heterocycles. The molecule has 0 radical (unpaired) electrons. The van der Waals surface area contributed by atoms with E-state index in [2.05, 4.69) is 21.2 Å². The van der Waals surface area contributed by atoms with E-state index in [9.17, 15) is 4.79 Å². The Morgan fingerprint density at radius 3 is 2.77 bits per heavy atom. The molecule has 4 heteroatoms. The summed E-state index contributed by atoms with van der Waals surface area (Å²) in [6.07, 6.45) is 0. The van der Waals surface area contributed by atoms with Crippen molar-refractivity contribution in [1.82, 2.24) is 5.32 Å². The predicted molar refractivity (Wildman–Crippen MR) is 53.9 cm³/mol. The van der Waals surface area contributed by atoms with Crippen LogP contribution in [-0.2, 0) is 6.54 Å². The van der Waals surface area contributed by atoms with Crippen molar-refractivity contribution >= 4 is 21.9 Å². The number of carboxylic acid groups (broad SMARTS) is 1. The molecular formula is C9H10BrNO2. The monoisotopic (exact) mass is 243 g/mol. The normalized spacial score (nSPS) is 10.0. The zero-order valence-electron chi connectivity index (χ0n) is 7.17. The van der Waals surface area contributed by atoms with Crippen LogP contribution in [0.3, 0.4) is 0 Å². The number of carboxylic acids is 1. The van der Waals surface area contributed by atoms with Crippen LogP contribution < -0.4 is 5.32 Å². The zero-order valence-corrected chi connectivity index (χ0v) is 8.76. The lowest BCUT2D eigenvalue weighted by molar-refractivity contribution is 0.0697. The van der Waals surface area contributed by atoms with Crippen LogP contribution in [-0.4, -0.2) is 18.1 Å². The minimum Gasteiger partial charge on any atom is -0.478 e. The highest BCUT2D eigenvalue weighted by molar-refractivity contribution is 9.10. The first-order valence-electron chi connectivity index (χ1n) is 3.81. The van der Waals surface area contributed by atoms with Crippen molar-refractivity contribution < 1.29 is 9.90 Å². The van der Waals surface area contributed by atoms with Crippen molar-refractivity contribution in [3.8, 4) is 0 Å². The third-order valence-electron chi connectivity index (χ3n) is 1.67. The largest absolute Gasteiger partial charge is 0.478 e. The minimum absolute atomic E-state index is 0.298. The molecule has 0 amide bonds. The molecule has 0 aliphatic rings. The molecule has 1 rings (SSSR count). The summed E-state index contributed by atoms with van der Waals surface area (Å²) in [5.74, 6) is -0.906. The zero-order chi connectivity index (χ0) is 9.84. The molecule has 0 heterocycles. The molecule has 13 heavy (non-hydrogen) atoms. The predicted octanol–water partition coefficient (Wildman–Crippen LogP) is 1.87. The van der Waals surface area contributed by atoms with Gasteiger partial charge in [0.2, 0.25) is 0 Å². The van der Waals surface area contributed by atoms with E-state index in [1.807, 2.05) is 7.05 Å². The van der Waals surface area contributed by atoms with Crippen LogP contribution in [0, 0.1) is 0 Å². The molecular weight excluding hydrogens is 234 g/mol. The Bertz CT molecular complexity index is 325. The number of rotatable bonds is 3. The van der Waals surface area contributed by atoms with Crippen LogP contribution in [0.5, 0.6) is 0 Å². The summed E-state index contributed by atoms with van der Waals surface area (Å²) in [6.45, 7) is 0.723. The van der Waals surface area contributed by atoms with Gasteiger partial charge in [-0.2, -0.15) is 0 Å². The highest BCUT2D eigenvalue weighted by Crippen LogP contribution is 2.18. The van der Waals surface area contributed by atoms with E-state index in [1.54, 1.807) is 18.2 Å². The van der Waals surface area contributed by atoms with E-state index in [-0.39, 0.29) is 0 Å². The highest BCUT2D eigenvalue weighted by atomic mass is 79.9. The molecule has 0 bridgehead atoms. The number of halogens is 1. The fourth-order valence-electron chi connectivity index (χ4n) is 1.01. The third kappa shape index (κ3) is 2.54. The second-order valence-electron chi connectivity index (χ2n) is 2.64. The Balaban J connectivity index is 2.98. The van der Waals surface area contributed by atoms with Crippen LogP contribution in [0.15, 0.2) is 22.7 Å². The molecule has 0 aliphatic carbocycles. The topological polar surface area (TPSA) is 49.3 Å². The lowest BCUT2D eigenvalue weighted by Gasteiger charge is -2.03. The van der Waals surface area contributed by atoms with E-state index in [4.69, 9.17) is 5.11 Å². The van der Waals surface area contributed by atoms with Crippen molar-refractivity contribution in [2.24, 2.45) is 0 Å². The first kappa shape index (κ1) is 10.2. The van der Waals surface area contributed by atoms with Crippen molar-refractivity contribution in [3.63, 3.8) is 0 Å². The number of benzene rings is 1. The Morgan fingerprint density at radius 2 is 2.31 bits per heavy atom. The molecule has 1 aromatic rings. The molecule has 2 N–H and O–H groups in total. The van der Waals surface area contributed by atoms with Crippen molar-refractivity contribution in [2.45, 2.75) is 6.54 Å². The first-order chi connectivity index (χ1) is 6.15. The smallest absolute Gasteiger partial charge is 0.335 e. The molecule has 0 spiro atoms. The van der Waals surface area contributed by atoms with Gasteiger partial charge in [-0.1, -0.05) is 22.0 Å². The van der Waals surface area contributed by atoms with Gasteiger partial charge in [-0.25, -0.2) is 4.79 Å². The third-order valence-corrected chi connectivity index (χ3v) is 2.41. The number of nitrogens with one attached hydrogen (secondary N) is 1. The van der Waals surface area contributed by atoms with E-state index < -0.39 is 5.97 Å². The van der Waals surface area contributed by atoms with Crippen LogP contribution in [0.25, 0.3) is 0 Å². The summed E-state index contributed by atoms with van der Waals surface area (Å²) in [5, 5.41) is 11.7. The summed E-state index contributed by atoms with van der Waals surface area (Å²) in [6, 6.07) is 5.00.